The molecular formula is C25H24BrClN4O3S2. The Bertz CT molecular complexity index is 1250. The van der Waals surface area contributed by atoms with Gasteiger partial charge in [-0.3, -0.25) is 10.1 Å². The maximum Gasteiger partial charge on any atom is 0.258 e. The second-order valence-electron chi connectivity index (χ2n) is 7.64. The fourth-order valence-electron chi connectivity index (χ4n) is 3.62. The van der Waals surface area contributed by atoms with Gasteiger partial charge in [0, 0.05) is 28.3 Å². The zero-order valence-corrected chi connectivity index (χ0v) is 23.1. The Morgan fingerprint density at radius 3 is 2.36 bits per heavy atom. The number of benzene rings is 3. The van der Waals surface area contributed by atoms with Crippen molar-refractivity contribution in [3.05, 3.63) is 81.8 Å². The molecule has 1 fully saturated rings. The van der Waals surface area contributed by atoms with E-state index in [-0.39, 0.29) is 11.0 Å². The number of halogens is 2. The van der Waals surface area contributed by atoms with Crippen LogP contribution in [0.1, 0.15) is 23.2 Å². The molecule has 3 aromatic carbocycles. The van der Waals surface area contributed by atoms with E-state index in [1.54, 1.807) is 48.5 Å². The highest BCUT2D eigenvalue weighted by molar-refractivity contribution is 9.10. The van der Waals surface area contributed by atoms with Crippen molar-refractivity contribution in [3.63, 3.8) is 0 Å². The molecule has 11 heteroatoms. The average Bonchev–Trinajstić information content (AvgIpc) is 3.41. The fourth-order valence-corrected chi connectivity index (χ4v) is 5.30. The number of hydrogen-bond donors (Lipinski definition) is 3. The molecule has 4 rings (SSSR count). The summed E-state index contributed by atoms with van der Waals surface area (Å²) in [4.78, 5) is 23.5. The highest BCUT2D eigenvalue weighted by atomic mass is 79.9. The van der Waals surface area contributed by atoms with Gasteiger partial charge in [0.15, 0.2) is 5.11 Å². The predicted octanol–water partition coefficient (Wildman–Crippen LogP) is 5.78. The standard InChI is InChI=1S/C24H22BrClN4O2S2.CH2O/c25-20-6-2-1-5-19(20)23(31)28-24(33)27-21-15-18(11-12-22(21)30-13-3-4-14-30)34(32)29-17-9-7-16(26)8-10-17;1-2/h1-2,5-12,15,29H,3-4,13-14H2,(H2,27,28,31,33);1H2. The van der Waals surface area contributed by atoms with Gasteiger partial charge in [-0.2, -0.15) is 0 Å². The minimum Gasteiger partial charge on any atom is -0.370 e. The van der Waals surface area contributed by atoms with Gasteiger partial charge in [-0.15, -0.1) is 0 Å². The Morgan fingerprint density at radius 1 is 1.03 bits per heavy atom. The third kappa shape index (κ3) is 7.36. The lowest BCUT2D eigenvalue weighted by molar-refractivity contribution is -0.0980. The number of rotatable bonds is 6. The zero-order chi connectivity index (χ0) is 26.1. The Labute approximate surface area is 231 Å². The first-order chi connectivity index (χ1) is 17.4. The van der Waals surface area contributed by atoms with Gasteiger partial charge in [0.25, 0.3) is 5.91 Å². The predicted molar refractivity (Wildman–Crippen MR) is 154 cm³/mol. The molecule has 3 N–H and O–H groups in total. The maximum absolute atomic E-state index is 13.0. The van der Waals surface area contributed by atoms with Crippen molar-refractivity contribution in [2.75, 3.05) is 28.0 Å². The van der Waals surface area contributed by atoms with Crippen LogP contribution in [0, 0.1) is 0 Å². The van der Waals surface area contributed by atoms with Gasteiger partial charge in [-0.1, -0.05) is 23.7 Å². The zero-order valence-electron chi connectivity index (χ0n) is 19.1. The van der Waals surface area contributed by atoms with E-state index in [1.165, 1.54) is 0 Å². The van der Waals surface area contributed by atoms with E-state index >= 15 is 0 Å². The average molecular weight is 608 g/mol. The van der Waals surface area contributed by atoms with Crippen molar-refractivity contribution >= 4 is 85.6 Å². The van der Waals surface area contributed by atoms with Crippen molar-refractivity contribution in [2.45, 2.75) is 17.7 Å². The summed E-state index contributed by atoms with van der Waals surface area (Å²) in [5, 5.41) is 6.63. The number of thiocarbonyl (C=S) groups is 1. The number of nitrogens with one attached hydrogen (secondary N) is 3. The first-order valence-corrected chi connectivity index (χ1v) is 13.6. The van der Waals surface area contributed by atoms with Gasteiger partial charge in [-0.25, -0.2) is 4.21 Å². The second-order valence-corrected chi connectivity index (χ2v) is 10.6. The van der Waals surface area contributed by atoms with Gasteiger partial charge < -0.3 is 19.7 Å². The highest BCUT2D eigenvalue weighted by Gasteiger charge is 2.19. The van der Waals surface area contributed by atoms with Crippen LogP contribution in [0.15, 0.2) is 76.1 Å². The molecular weight excluding hydrogens is 584 g/mol. The first kappa shape index (κ1) is 27.8. The summed E-state index contributed by atoms with van der Waals surface area (Å²) in [6.07, 6.45) is 2.21. The number of carbonyl (C=O) groups is 2. The summed E-state index contributed by atoms with van der Waals surface area (Å²) < 4.78 is 16.6. The summed E-state index contributed by atoms with van der Waals surface area (Å²) in [6, 6.07) is 19.7. The van der Waals surface area contributed by atoms with Crippen LogP contribution in [0.4, 0.5) is 17.1 Å². The lowest BCUT2D eigenvalue weighted by atomic mass is 10.2. The lowest BCUT2D eigenvalue weighted by Gasteiger charge is -2.23. The van der Waals surface area contributed by atoms with Crippen molar-refractivity contribution in [1.29, 1.82) is 0 Å². The van der Waals surface area contributed by atoms with E-state index in [0.717, 1.165) is 31.6 Å². The molecule has 0 bridgehead atoms. The van der Waals surface area contributed by atoms with Crippen LogP contribution in [-0.2, 0) is 15.8 Å². The molecule has 0 radical (unpaired) electrons. The fraction of sp³-hybridized carbons (Fsp3) is 0.160. The smallest absolute Gasteiger partial charge is 0.258 e. The van der Waals surface area contributed by atoms with Gasteiger partial charge in [0.2, 0.25) is 0 Å². The first-order valence-electron chi connectivity index (χ1n) is 10.9. The molecule has 0 aromatic heterocycles. The quantitative estimate of drug-likeness (QED) is 0.308. The van der Waals surface area contributed by atoms with E-state index in [1.807, 2.05) is 25.0 Å². The largest absolute Gasteiger partial charge is 0.370 e. The van der Waals surface area contributed by atoms with Crippen LogP contribution >= 0.6 is 39.7 Å². The van der Waals surface area contributed by atoms with Gasteiger partial charge in [0.1, 0.15) is 17.8 Å². The molecule has 1 atom stereocenters. The molecule has 1 aliphatic rings. The van der Waals surface area contributed by atoms with E-state index < -0.39 is 11.0 Å². The van der Waals surface area contributed by atoms with E-state index in [4.69, 9.17) is 28.6 Å². The lowest BCUT2D eigenvalue weighted by Crippen LogP contribution is -2.35. The number of anilines is 3. The third-order valence-corrected chi connectivity index (χ3v) is 7.53. The van der Waals surface area contributed by atoms with Crippen LogP contribution in [0.3, 0.4) is 0 Å². The van der Waals surface area contributed by atoms with Crippen molar-refractivity contribution in [1.82, 2.24) is 5.32 Å². The van der Waals surface area contributed by atoms with Crippen LogP contribution in [0.2, 0.25) is 5.02 Å². The molecule has 1 aliphatic heterocycles. The minimum atomic E-state index is -1.51. The summed E-state index contributed by atoms with van der Waals surface area (Å²) in [5.74, 6) is -0.322. The van der Waals surface area contributed by atoms with E-state index in [2.05, 4.69) is 36.2 Å². The molecule has 1 saturated heterocycles. The van der Waals surface area contributed by atoms with Crippen LogP contribution < -0.4 is 20.3 Å². The summed E-state index contributed by atoms with van der Waals surface area (Å²) in [5.41, 5.74) is 2.80. The molecule has 36 heavy (non-hydrogen) atoms. The molecule has 0 spiro atoms. The Morgan fingerprint density at radius 2 is 1.69 bits per heavy atom. The molecule has 1 heterocycles. The molecule has 3 aromatic rings. The van der Waals surface area contributed by atoms with Crippen molar-refractivity contribution in [3.8, 4) is 0 Å². The maximum atomic E-state index is 13.0. The van der Waals surface area contributed by atoms with Gasteiger partial charge >= 0.3 is 0 Å². The Balaban J connectivity index is 0.00000176. The van der Waals surface area contributed by atoms with E-state index in [9.17, 15) is 9.00 Å². The van der Waals surface area contributed by atoms with Crippen LogP contribution in [0.5, 0.6) is 0 Å². The minimum absolute atomic E-state index is 0.162. The molecule has 0 aliphatic carbocycles. The molecule has 1 unspecified atom stereocenters. The molecule has 188 valence electrons. The molecule has 1 amide bonds. The van der Waals surface area contributed by atoms with Crippen molar-refractivity contribution < 1.29 is 13.8 Å². The highest BCUT2D eigenvalue weighted by Crippen LogP contribution is 2.31. The normalized spacial score (nSPS) is 13.2. The monoisotopic (exact) mass is 606 g/mol. The van der Waals surface area contributed by atoms with Gasteiger partial charge in [-0.05, 0) is 95.6 Å². The number of nitrogens with zero attached hydrogens (tertiary/aromatic N) is 1. The molecule has 0 saturated carbocycles. The van der Waals surface area contributed by atoms with Crippen LogP contribution in [-0.4, -0.2) is 35.1 Å². The SMILES string of the molecule is C=O.O=C(NC(=S)Nc1cc(S(=O)Nc2ccc(Cl)cc2)ccc1N1CCCC1)c1ccccc1Br. The summed E-state index contributed by atoms with van der Waals surface area (Å²) in [6.45, 7) is 3.85. The number of hydrogen-bond acceptors (Lipinski definition) is 5. The van der Waals surface area contributed by atoms with E-state index in [0.29, 0.717) is 31.3 Å². The summed E-state index contributed by atoms with van der Waals surface area (Å²) >= 11 is 14.8. The van der Waals surface area contributed by atoms with Crippen molar-refractivity contribution in [2.24, 2.45) is 0 Å². The number of carbonyl (C=O) groups excluding carboxylic acids is 2. The number of amides is 1. The van der Waals surface area contributed by atoms with Gasteiger partial charge in [0.05, 0.1) is 21.8 Å². The third-order valence-electron chi connectivity index (χ3n) is 5.28. The second kappa shape index (κ2) is 13.5. The topological polar surface area (TPSA) is 90.5 Å². The Hall–Kier alpha value is -2.79. The Kier molecular flexibility index (Phi) is 10.4. The molecule has 7 nitrogen and oxygen atoms in total. The van der Waals surface area contributed by atoms with Crippen LogP contribution in [0.25, 0.3) is 0 Å². The summed E-state index contributed by atoms with van der Waals surface area (Å²) in [7, 11) is -1.51.